The monoisotopic (exact) mass is 614 g/mol. The van der Waals surface area contributed by atoms with Gasteiger partial charge in [0.2, 0.25) is 5.12 Å². The molecular weight excluding hydrogens is 585 g/mol. The standard InChI is InChI=1S/C20H30N4O6S6/c25-9-12(10-31)23-36-35-7-3-22-19(27)14-8-13(16-17(14)30-5-1-4-29-16)18(26)21-2-6-34-24-15(11-32)20(28)33/h9,12,15,23-24,31-32H,1-8,10-11H2,(H,21,26)(H,22,27)(H,28,33)/t12-,15+/m1/s1. The van der Waals surface area contributed by atoms with Crippen molar-refractivity contribution in [1.82, 2.24) is 20.1 Å². The van der Waals surface area contributed by atoms with E-state index in [1.807, 2.05) is 0 Å². The van der Waals surface area contributed by atoms with Gasteiger partial charge in [-0.05, 0) is 11.0 Å². The molecule has 1 heterocycles. The molecule has 0 bridgehead atoms. The van der Waals surface area contributed by atoms with Gasteiger partial charge in [-0.15, -0.1) is 12.6 Å². The smallest absolute Gasteiger partial charge is 0.251 e. The molecule has 1 aliphatic heterocycles. The molecule has 1 aliphatic carbocycles. The molecule has 16 heteroatoms. The first-order valence-electron chi connectivity index (χ1n) is 11.0. The maximum absolute atomic E-state index is 12.9. The fourth-order valence-corrected chi connectivity index (χ4v) is 6.35. The maximum Gasteiger partial charge on any atom is 0.251 e. The van der Waals surface area contributed by atoms with Crippen molar-refractivity contribution in [3.8, 4) is 0 Å². The summed E-state index contributed by atoms with van der Waals surface area (Å²) in [5.74, 6) is 1.83. The number of ether oxygens (including phenoxy) is 2. The third kappa shape index (κ3) is 10.3. The number of fused-ring (bicyclic) bond motifs is 1. The van der Waals surface area contributed by atoms with Crippen molar-refractivity contribution < 1.29 is 28.7 Å². The molecule has 202 valence electrons. The minimum Gasteiger partial charge on any atom is -0.489 e. The van der Waals surface area contributed by atoms with Crippen LogP contribution < -0.4 is 20.1 Å². The van der Waals surface area contributed by atoms with Crippen molar-refractivity contribution in [2.75, 3.05) is 49.3 Å². The number of hydrogen-bond donors (Lipinski definition) is 7. The van der Waals surface area contributed by atoms with Gasteiger partial charge in [-0.25, -0.2) is 4.72 Å². The Morgan fingerprint density at radius 3 is 2.08 bits per heavy atom. The van der Waals surface area contributed by atoms with Crippen molar-refractivity contribution in [1.29, 1.82) is 0 Å². The molecule has 10 nitrogen and oxygen atoms in total. The van der Waals surface area contributed by atoms with Crippen LogP contribution in [0.5, 0.6) is 0 Å². The summed E-state index contributed by atoms with van der Waals surface area (Å²) in [5, 5.41) is 5.37. The van der Waals surface area contributed by atoms with Gasteiger partial charge in [0.15, 0.2) is 11.5 Å². The van der Waals surface area contributed by atoms with Crippen LogP contribution in [0, 0.1) is 0 Å². The van der Waals surface area contributed by atoms with E-state index in [4.69, 9.17) is 9.47 Å². The van der Waals surface area contributed by atoms with E-state index in [-0.39, 0.29) is 29.4 Å². The van der Waals surface area contributed by atoms with E-state index < -0.39 is 6.04 Å². The lowest BCUT2D eigenvalue weighted by Gasteiger charge is -2.12. The third-order valence-electron chi connectivity index (χ3n) is 4.72. The van der Waals surface area contributed by atoms with Crippen molar-refractivity contribution >= 4 is 94.8 Å². The third-order valence-corrected chi connectivity index (χ3v) is 8.68. The SMILES string of the molecule is O=C[C@H](CS)NSSCCNC(=O)C1=C2OCCCOC2=C(C(=O)NCCSN[C@@H](CS)C(=O)S)C1. The van der Waals surface area contributed by atoms with E-state index in [1.165, 1.54) is 33.7 Å². The Hall–Kier alpha value is -0.620. The quantitative estimate of drug-likeness (QED) is 0.0415. The molecule has 0 spiro atoms. The number of carbonyl (C=O) groups is 4. The molecule has 0 radical (unpaired) electrons. The number of rotatable bonds is 17. The molecule has 2 rings (SSSR count). The molecular formula is C20H30N4O6S6. The summed E-state index contributed by atoms with van der Waals surface area (Å²) >= 11 is 13.3. The fraction of sp³-hybridized carbons (Fsp3) is 0.600. The second kappa shape index (κ2) is 17.8. The highest BCUT2D eigenvalue weighted by atomic mass is 33.1. The highest BCUT2D eigenvalue weighted by Gasteiger charge is 2.35. The number of aldehydes is 1. The minimum absolute atomic E-state index is 0.107. The number of nitrogens with one attached hydrogen (secondary N) is 4. The van der Waals surface area contributed by atoms with Gasteiger partial charge in [0.1, 0.15) is 6.29 Å². The second-order valence-electron chi connectivity index (χ2n) is 7.34. The summed E-state index contributed by atoms with van der Waals surface area (Å²) < 4.78 is 17.5. The molecule has 0 saturated carbocycles. The van der Waals surface area contributed by atoms with E-state index in [1.54, 1.807) is 0 Å². The number of hydrogen-bond acceptors (Lipinski definition) is 13. The zero-order chi connectivity index (χ0) is 26.3. The Bertz CT molecular complexity index is 859. The van der Waals surface area contributed by atoms with Crippen molar-refractivity contribution in [3.05, 3.63) is 22.7 Å². The summed E-state index contributed by atoms with van der Waals surface area (Å²) in [6.07, 6.45) is 1.55. The van der Waals surface area contributed by atoms with Crippen LogP contribution in [-0.2, 0) is 28.7 Å². The lowest BCUT2D eigenvalue weighted by Crippen LogP contribution is -2.33. The van der Waals surface area contributed by atoms with Crippen molar-refractivity contribution in [2.24, 2.45) is 0 Å². The first-order valence-corrected chi connectivity index (χ1v) is 16.0. The predicted molar refractivity (Wildman–Crippen MR) is 155 cm³/mol. The number of thiol groups is 3. The van der Waals surface area contributed by atoms with Gasteiger partial charge in [-0.1, -0.05) is 22.7 Å². The largest absolute Gasteiger partial charge is 0.489 e. The van der Waals surface area contributed by atoms with Gasteiger partial charge in [0, 0.05) is 48.9 Å². The molecule has 2 amide bonds. The summed E-state index contributed by atoms with van der Waals surface area (Å²) in [7, 11) is 2.78. The fourth-order valence-electron chi connectivity index (χ4n) is 2.90. The maximum atomic E-state index is 12.9. The first kappa shape index (κ1) is 31.6. The zero-order valence-corrected chi connectivity index (χ0v) is 24.5. The minimum atomic E-state index is -0.476. The molecule has 0 aromatic rings. The molecule has 1 fully saturated rings. The van der Waals surface area contributed by atoms with Crippen LogP contribution in [0.2, 0.25) is 0 Å². The molecule has 2 aliphatic rings. The van der Waals surface area contributed by atoms with E-state index in [0.29, 0.717) is 78.4 Å². The summed E-state index contributed by atoms with van der Waals surface area (Å²) in [6, 6.07) is -0.805. The van der Waals surface area contributed by atoms with Crippen LogP contribution in [0.15, 0.2) is 22.7 Å². The van der Waals surface area contributed by atoms with E-state index in [2.05, 4.69) is 58.0 Å². The molecule has 2 atom stereocenters. The molecule has 0 aromatic carbocycles. The van der Waals surface area contributed by atoms with Crippen LogP contribution >= 0.6 is 71.6 Å². The Morgan fingerprint density at radius 1 is 0.944 bits per heavy atom. The molecule has 36 heavy (non-hydrogen) atoms. The van der Waals surface area contributed by atoms with Crippen LogP contribution in [0.4, 0.5) is 0 Å². The van der Waals surface area contributed by atoms with Crippen LogP contribution in [-0.4, -0.2) is 84.6 Å². The van der Waals surface area contributed by atoms with E-state index in [0.717, 1.165) is 6.29 Å². The average Bonchev–Trinajstić information content (AvgIpc) is 3.06. The van der Waals surface area contributed by atoms with Crippen LogP contribution in [0.3, 0.4) is 0 Å². The van der Waals surface area contributed by atoms with Gasteiger partial charge in [0.05, 0.1) is 36.4 Å². The summed E-state index contributed by atoms with van der Waals surface area (Å²) in [6.45, 7) is 1.52. The topological polar surface area (TPSA) is 135 Å². The first-order chi connectivity index (χ1) is 17.4. The van der Waals surface area contributed by atoms with Crippen molar-refractivity contribution in [2.45, 2.75) is 24.9 Å². The number of carbonyl (C=O) groups excluding carboxylic acids is 4. The Labute approximate surface area is 239 Å². The van der Waals surface area contributed by atoms with Crippen LogP contribution in [0.1, 0.15) is 12.8 Å². The van der Waals surface area contributed by atoms with Gasteiger partial charge < -0.3 is 24.9 Å². The zero-order valence-electron chi connectivity index (χ0n) is 19.3. The molecule has 1 saturated heterocycles. The lowest BCUT2D eigenvalue weighted by molar-refractivity contribution is -0.118. The van der Waals surface area contributed by atoms with Gasteiger partial charge in [0.25, 0.3) is 11.8 Å². The summed E-state index contributed by atoms with van der Waals surface area (Å²) in [4.78, 5) is 47.8. The lowest BCUT2D eigenvalue weighted by atomic mass is 10.1. The normalized spacial score (nSPS) is 16.9. The Morgan fingerprint density at radius 2 is 1.56 bits per heavy atom. The van der Waals surface area contributed by atoms with E-state index in [9.17, 15) is 19.2 Å². The predicted octanol–water partition coefficient (Wildman–Crippen LogP) is 0.943. The van der Waals surface area contributed by atoms with Gasteiger partial charge in [-0.2, -0.15) is 25.3 Å². The van der Waals surface area contributed by atoms with Crippen LogP contribution in [0.25, 0.3) is 0 Å². The van der Waals surface area contributed by atoms with E-state index >= 15 is 0 Å². The molecule has 0 unspecified atom stereocenters. The second-order valence-corrected chi connectivity index (χ2v) is 11.7. The molecule has 4 N–H and O–H groups in total. The highest BCUT2D eigenvalue weighted by molar-refractivity contribution is 8.76. The summed E-state index contributed by atoms with van der Waals surface area (Å²) in [5.41, 5.74) is 0.721. The Balaban J connectivity index is 1.84. The highest BCUT2D eigenvalue weighted by Crippen LogP contribution is 2.36. The Kier molecular flexibility index (Phi) is 15.6. The molecule has 0 aromatic heterocycles. The van der Waals surface area contributed by atoms with Gasteiger partial charge >= 0.3 is 0 Å². The average molecular weight is 615 g/mol. The number of amides is 2. The van der Waals surface area contributed by atoms with Crippen molar-refractivity contribution in [3.63, 3.8) is 0 Å². The van der Waals surface area contributed by atoms with Gasteiger partial charge in [-0.3, -0.25) is 19.1 Å².